The number of likely N-dealkylation sites (tertiary alicyclic amines) is 1. The van der Waals surface area contributed by atoms with Gasteiger partial charge in [-0.15, -0.1) is 12.6 Å². The van der Waals surface area contributed by atoms with Gasteiger partial charge in [-0.2, -0.15) is 18.4 Å². The van der Waals surface area contributed by atoms with E-state index in [1.54, 1.807) is 67.3 Å². The van der Waals surface area contributed by atoms with E-state index in [1.807, 2.05) is 0 Å². The lowest BCUT2D eigenvalue weighted by atomic mass is 9.94. The van der Waals surface area contributed by atoms with Crippen LogP contribution in [-0.2, 0) is 25.4 Å². The van der Waals surface area contributed by atoms with Crippen molar-refractivity contribution in [2.24, 2.45) is 5.92 Å². The van der Waals surface area contributed by atoms with E-state index < -0.39 is 40.3 Å². The fourth-order valence-corrected chi connectivity index (χ4v) is 8.17. The summed E-state index contributed by atoms with van der Waals surface area (Å²) in [4.78, 5) is 54.9. The number of amides is 4. The number of anilines is 4. The molecule has 3 aliphatic heterocycles. The van der Waals surface area contributed by atoms with E-state index in [0.29, 0.717) is 46.8 Å². The van der Waals surface area contributed by atoms with E-state index in [-0.39, 0.29) is 36.4 Å². The Morgan fingerprint density at radius 3 is 2.43 bits per heavy atom. The van der Waals surface area contributed by atoms with Gasteiger partial charge in [0, 0.05) is 29.2 Å². The number of nitrogens with zero attached hydrogens (tertiary/aromatic N) is 4. The molecule has 0 radical (unpaired) electrons. The molecule has 3 aromatic rings. The van der Waals surface area contributed by atoms with Gasteiger partial charge in [-0.3, -0.25) is 34.3 Å². The lowest BCUT2D eigenvalue weighted by molar-refractivity contribution is -0.138. The monoisotopic (exact) mass is 811 g/mol. The standard InChI is InChI=1S/C39H41ClF3N7O5S/c1-38(2)36(54)49(27-7-6-24(21-44)29(19-27)39(41,42)43)37(56)50(38)28-8-10-32(30(40)20-28)55-17-14-23-12-15-48(16-13-23)22-34(52)46-26-5-3-4-25(18-26)45-31-9-11-33(51)47-35(31)53/h3-8,10,18-20,23,31,37,45,56H,9,11-17,22H2,1-2H3,(H,46,52)(H,47,51,53). The molecular formula is C39H41ClF3N7O5S. The van der Waals surface area contributed by atoms with Crippen molar-refractivity contribution in [3.63, 3.8) is 0 Å². The van der Waals surface area contributed by atoms with Crippen LogP contribution in [0.4, 0.5) is 35.9 Å². The van der Waals surface area contributed by atoms with Gasteiger partial charge in [-0.25, -0.2) is 0 Å². The van der Waals surface area contributed by atoms with Crippen LogP contribution in [0, 0.1) is 17.2 Å². The Kier molecular flexibility index (Phi) is 12.1. The third kappa shape index (κ3) is 9.01. The molecule has 3 heterocycles. The number of carbonyl (C=O) groups excluding carboxylic acids is 4. The lowest BCUT2D eigenvalue weighted by Crippen LogP contribution is -2.47. The Balaban J connectivity index is 0.974. The number of thiol groups is 1. The highest BCUT2D eigenvalue weighted by molar-refractivity contribution is 7.81. The fourth-order valence-electron chi connectivity index (χ4n) is 7.28. The number of halogens is 4. The Labute approximate surface area is 332 Å². The quantitative estimate of drug-likeness (QED) is 0.127. The number of imide groups is 1. The van der Waals surface area contributed by atoms with Crippen molar-refractivity contribution >= 4 is 70.6 Å². The van der Waals surface area contributed by atoms with Crippen LogP contribution in [0.1, 0.15) is 57.1 Å². The molecule has 296 valence electrons. The van der Waals surface area contributed by atoms with E-state index in [9.17, 15) is 37.6 Å². The van der Waals surface area contributed by atoms with Gasteiger partial charge in [-0.1, -0.05) is 17.7 Å². The minimum Gasteiger partial charge on any atom is -0.492 e. The van der Waals surface area contributed by atoms with Crippen molar-refractivity contribution in [3.05, 3.63) is 76.8 Å². The molecule has 17 heteroatoms. The van der Waals surface area contributed by atoms with Crippen LogP contribution in [0.3, 0.4) is 0 Å². The number of hydrogen-bond donors (Lipinski definition) is 4. The summed E-state index contributed by atoms with van der Waals surface area (Å²) in [6.07, 6.45) is -1.58. The third-order valence-electron chi connectivity index (χ3n) is 10.3. The molecule has 0 bridgehead atoms. The predicted molar refractivity (Wildman–Crippen MR) is 209 cm³/mol. The Bertz CT molecular complexity index is 2050. The summed E-state index contributed by atoms with van der Waals surface area (Å²) >= 11 is 11.3. The highest BCUT2D eigenvalue weighted by Crippen LogP contribution is 2.43. The minimum atomic E-state index is -4.79. The Hall–Kier alpha value is -4.98. The second-order valence-corrected chi connectivity index (χ2v) is 15.4. The first kappa shape index (κ1) is 40.7. The van der Waals surface area contributed by atoms with Gasteiger partial charge in [0.1, 0.15) is 17.3 Å². The molecule has 3 aromatic carbocycles. The van der Waals surface area contributed by atoms with Crippen LogP contribution < -0.4 is 30.5 Å². The van der Waals surface area contributed by atoms with Gasteiger partial charge in [0.25, 0.3) is 5.91 Å². The maximum Gasteiger partial charge on any atom is 0.417 e. The first-order chi connectivity index (χ1) is 26.5. The zero-order valence-corrected chi connectivity index (χ0v) is 32.3. The molecule has 3 N–H and O–H groups in total. The third-order valence-corrected chi connectivity index (χ3v) is 11.0. The maximum atomic E-state index is 13.7. The number of hydrogen-bond acceptors (Lipinski definition) is 10. The van der Waals surface area contributed by atoms with Crippen LogP contribution in [0.15, 0.2) is 60.7 Å². The average Bonchev–Trinajstić information content (AvgIpc) is 3.32. The number of piperidine rings is 2. The molecule has 56 heavy (non-hydrogen) atoms. The number of rotatable bonds is 11. The van der Waals surface area contributed by atoms with Crippen LogP contribution in [0.2, 0.25) is 5.02 Å². The summed E-state index contributed by atoms with van der Waals surface area (Å²) in [5.74, 6) is -0.454. The molecule has 0 spiro atoms. The summed E-state index contributed by atoms with van der Waals surface area (Å²) in [7, 11) is 0. The number of alkyl halides is 3. The molecule has 2 unspecified atom stereocenters. The van der Waals surface area contributed by atoms with Gasteiger partial charge < -0.3 is 20.3 Å². The van der Waals surface area contributed by atoms with Crippen molar-refractivity contribution in [3.8, 4) is 11.8 Å². The molecule has 3 fully saturated rings. The number of carbonyl (C=O) groups is 4. The van der Waals surface area contributed by atoms with Crippen LogP contribution in [0.25, 0.3) is 0 Å². The maximum absolute atomic E-state index is 13.7. The highest BCUT2D eigenvalue weighted by atomic mass is 35.5. The topological polar surface area (TPSA) is 147 Å². The van der Waals surface area contributed by atoms with Crippen LogP contribution in [0.5, 0.6) is 5.75 Å². The normalized spacial score (nSPS) is 20.4. The zero-order valence-electron chi connectivity index (χ0n) is 30.7. The molecule has 6 rings (SSSR count). The summed E-state index contributed by atoms with van der Waals surface area (Å²) in [6, 6.07) is 16.3. The van der Waals surface area contributed by atoms with Crippen LogP contribution >= 0.6 is 24.2 Å². The average molecular weight is 812 g/mol. The van der Waals surface area contributed by atoms with Gasteiger partial charge in [0.2, 0.25) is 17.7 Å². The minimum absolute atomic E-state index is 0.0408. The fraction of sp³-hybridized carbons (Fsp3) is 0.410. The lowest BCUT2D eigenvalue weighted by Gasteiger charge is -2.33. The molecule has 4 amide bonds. The van der Waals surface area contributed by atoms with Gasteiger partial charge in [0.05, 0.1) is 35.4 Å². The molecule has 3 aliphatic rings. The van der Waals surface area contributed by atoms with Crippen molar-refractivity contribution < 1.29 is 37.1 Å². The largest absolute Gasteiger partial charge is 0.492 e. The van der Waals surface area contributed by atoms with E-state index in [2.05, 4.69) is 33.5 Å². The van der Waals surface area contributed by atoms with Gasteiger partial charge >= 0.3 is 6.18 Å². The van der Waals surface area contributed by atoms with Gasteiger partial charge in [-0.05, 0) is 113 Å². The van der Waals surface area contributed by atoms with Crippen LogP contribution in [-0.4, -0.2) is 71.8 Å². The van der Waals surface area contributed by atoms with E-state index >= 15 is 0 Å². The molecule has 0 saturated carbocycles. The Morgan fingerprint density at radius 1 is 1.04 bits per heavy atom. The summed E-state index contributed by atoms with van der Waals surface area (Å²) in [6.45, 7) is 5.43. The summed E-state index contributed by atoms with van der Waals surface area (Å²) < 4.78 is 47.2. The second-order valence-electron chi connectivity index (χ2n) is 14.5. The zero-order chi connectivity index (χ0) is 40.4. The molecule has 3 saturated heterocycles. The highest BCUT2D eigenvalue weighted by Gasteiger charge is 2.52. The summed E-state index contributed by atoms with van der Waals surface area (Å²) in [5, 5.41) is 17.9. The van der Waals surface area contributed by atoms with Crippen molar-refractivity contribution in [1.82, 2.24) is 10.2 Å². The predicted octanol–water partition coefficient (Wildman–Crippen LogP) is 6.41. The second kappa shape index (κ2) is 16.6. The van der Waals surface area contributed by atoms with Crippen molar-refractivity contribution in [2.45, 2.75) is 69.2 Å². The summed E-state index contributed by atoms with van der Waals surface area (Å²) in [5.41, 5.74) is -2.13. The van der Waals surface area contributed by atoms with E-state index in [1.165, 1.54) is 11.0 Å². The van der Waals surface area contributed by atoms with E-state index in [0.717, 1.165) is 44.5 Å². The van der Waals surface area contributed by atoms with Crippen molar-refractivity contribution in [1.29, 1.82) is 5.26 Å². The number of nitriles is 1. The number of benzene rings is 3. The van der Waals surface area contributed by atoms with Gasteiger partial charge in [0.15, 0.2) is 5.50 Å². The first-order valence-corrected chi connectivity index (χ1v) is 19.0. The molecular weight excluding hydrogens is 771 g/mol. The number of ether oxygens (including phenoxy) is 1. The molecule has 12 nitrogen and oxygen atoms in total. The molecule has 2 atom stereocenters. The smallest absolute Gasteiger partial charge is 0.417 e. The SMILES string of the molecule is CC1(C)C(=O)N(c2ccc(C#N)c(C(F)(F)F)c2)C(S)N1c1ccc(OCCC2CCN(CC(=O)Nc3cccc(NC4CCC(=O)NC4=O)c3)CC2)c(Cl)c1. The Morgan fingerprint density at radius 2 is 1.75 bits per heavy atom. The van der Waals surface area contributed by atoms with Crippen molar-refractivity contribution in [2.75, 3.05) is 46.7 Å². The number of nitrogens with one attached hydrogen (secondary N) is 3. The molecule has 0 aliphatic carbocycles. The van der Waals surface area contributed by atoms with E-state index in [4.69, 9.17) is 16.3 Å². The first-order valence-electron chi connectivity index (χ1n) is 18.1. The molecule has 0 aromatic heterocycles.